The molecule has 3 rings (SSSR count). The van der Waals surface area contributed by atoms with Crippen molar-refractivity contribution in [3.8, 4) is 27.4 Å². The van der Waals surface area contributed by atoms with Gasteiger partial charge in [-0.15, -0.1) is 11.3 Å². The monoisotopic (exact) mass is 308 g/mol. The number of ether oxygens (including phenoxy) is 1. The van der Waals surface area contributed by atoms with E-state index in [2.05, 4.69) is 9.89 Å². The number of hydrogen-bond acceptors (Lipinski definition) is 5. The molecule has 0 saturated carbocycles. The third kappa shape index (κ3) is 2.73. The molecule has 0 fully saturated rings. The topological polar surface area (TPSA) is 61.3 Å². The molecule has 3 aromatic rings. The number of alkyl halides is 2. The van der Waals surface area contributed by atoms with Crippen LogP contribution in [0.5, 0.6) is 5.75 Å². The molecule has 2 aromatic heterocycles. The van der Waals surface area contributed by atoms with Crippen LogP contribution in [-0.2, 0) is 0 Å². The van der Waals surface area contributed by atoms with E-state index in [0.29, 0.717) is 16.8 Å². The Bertz CT molecular complexity index is 724. The van der Waals surface area contributed by atoms with Gasteiger partial charge in [0.2, 0.25) is 5.88 Å². The smallest absolute Gasteiger partial charge is 0.387 e. The highest BCUT2D eigenvalue weighted by Crippen LogP contribution is 2.38. The van der Waals surface area contributed by atoms with Gasteiger partial charge in [-0.05, 0) is 35.7 Å². The van der Waals surface area contributed by atoms with Crippen molar-refractivity contribution < 1.29 is 18.0 Å². The van der Waals surface area contributed by atoms with Crippen LogP contribution in [0.15, 0.2) is 46.3 Å². The highest BCUT2D eigenvalue weighted by Gasteiger charge is 2.18. The number of thiophene rings is 1. The maximum Gasteiger partial charge on any atom is 0.387 e. The lowest BCUT2D eigenvalue weighted by molar-refractivity contribution is -0.0498. The van der Waals surface area contributed by atoms with Gasteiger partial charge in [-0.2, -0.15) is 8.78 Å². The third-order valence-corrected chi connectivity index (χ3v) is 3.73. The van der Waals surface area contributed by atoms with Gasteiger partial charge < -0.3 is 15.0 Å². The van der Waals surface area contributed by atoms with E-state index in [1.54, 1.807) is 12.1 Å². The summed E-state index contributed by atoms with van der Waals surface area (Å²) in [6.45, 7) is -2.85. The van der Waals surface area contributed by atoms with Crippen LogP contribution in [0.3, 0.4) is 0 Å². The molecule has 0 saturated heterocycles. The summed E-state index contributed by atoms with van der Waals surface area (Å²) in [5, 5.41) is 5.87. The zero-order valence-corrected chi connectivity index (χ0v) is 11.4. The Kier molecular flexibility index (Phi) is 3.57. The molecule has 2 heterocycles. The fraction of sp³-hybridized carbons (Fsp3) is 0.0714. The van der Waals surface area contributed by atoms with Crippen LogP contribution in [0.25, 0.3) is 21.7 Å². The first-order valence-electron chi connectivity index (χ1n) is 5.99. The number of nitrogen functional groups attached to an aromatic ring is 1. The van der Waals surface area contributed by atoms with E-state index in [0.717, 1.165) is 4.88 Å². The fourth-order valence-corrected chi connectivity index (χ4v) is 2.73. The number of anilines is 1. The summed E-state index contributed by atoms with van der Waals surface area (Å²) in [7, 11) is 0. The average Bonchev–Trinajstić information content (AvgIpc) is 3.08. The van der Waals surface area contributed by atoms with Gasteiger partial charge in [0.25, 0.3) is 0 Å². The lowest BCUT2D eigenvalue weighted by Crippen LogP contribution is -2.01. The molecule has 0 aliphatic rings. The van der Waals surface area contributed by atoms with Crippen molar-refractivity contribution in [2.75, 3.05) is 5.73 Å². The van der Waals surface area contributed by atoms with Crippen molar-refractivity contribution in [1.82, 2.24) is 5.16 Å². The van der Waals surface area contributed by atoms with Crippen molar-refractivity contribution in [2.45, 2.75) is 6.61 Å². The molecule has 0 amide bonds. The highest BCUT2D eigenvalue weighted by molar-refractivity contribution is 7.13. The highest BCUT2D eigenvalue weighted by atomic mass is 32.1. The van der Waals surface area contributed by atoms with Crippen molar-refractivity contribution in [1.29, 1.82) is 0 Å². The minimum atomic E-state index is -2.85. The standard InChI is InChI=1S/C14H10F2N2O2S/c15-14(16)19-9-5-3-8(4-6-9)12-11(13(17)20-18-12)10-2-1-7-21-10/h1-7,14H,17H2. The maximum absolute atomic E-state index is 12.1. The normalized spacial score (nSPS) is 11.0. The number of hydrogen-bond donors (Lipinski definition) is 1. The number of nitrogens with zero attached hydrogens (tertiary/aromatic N) is 1. The zero-order chi connectivity index (χ0) is 14.8. The first kappa shape index (κ1) is 13.6. The van der Waals surface area contributed by atoms with Crippen molar-refractivity contribution >= 4 is 17.2 Å². The Morgan fingerprint density at radius 3 is 2.57 bits per heavy atom. The molecule has 0 aliphatic heterocycles. The molecule has 0 atom stereocenters. The molecule has 21 heavy (non-hydrogen) atoms. The summed E-state index contributed by atoms with van der Waals surface area (Å²) in [4.78, 5) is 0.927. The summed E-state index contributed by atoms with van der Waals surface area (Å²) >= 11 is 1.51. The maximum atomic E-state index is 12.1. The number of aromatic nitrogens is 1. The fourth-order valence-electron chi connectivity index (χ4n) is 1.95. The Morgan fingerprint density at radius 1 is 1.19 bits per heavy atom. The van der Waals surface area contributed by atoms with Crippen LogP contribution < -0.4 is 10.5 Å². The second kappa shape index (κ2) is 5.53. The molecule has 2 N–H and O–H groups in total. The minimum absolute atomic E-state index is 0.0860. The van der Waals surface area contributed by atoms with Gasteiger partial charge >= 0.3 is 6.61 Å². The summed E-state index contributed by atoms with van der Waals surface area (Å²) in [6, 6.07) is 9.97. The van der Waals surface area contributed by atoms with Crippen molar-refractivity contribution in [3.05, 3.63) is 41.8 Å². The van der Waals surface area contributed by atoms with Crippen LogP contribution in [0, 0.1) is 0 Å². The van der Waals surface area contributed by atoms with E-state index in [1.165, 1.54) is 23.5 Å². The summed E-state index contributed by atoms with van der Waals surface area (Å²) in [5.74, 6) is 0.309. The quantitative estimate of drug-likeness (QED) is 0.782. The predicted molar refractivity (Wildman–Crippen MR) is 76.3 cm³/mol. The molecule has 0 unspecified atom stereocenters. The van der Waals surface area contributed by atoms with Gasteiger partial charge in [-0.25, -0.2) is 0 Å². The van der Waals surface area contributed by atoms with Crippen molar-refractivity contribution in [2.24, 2.45) is 0 Å². The molecule has 108 valence electrons. The van der Waals surface area contributed by atoms with E-state index < -0.39 is 6.61 Å². The Balaban J connectivity index is 1.98. The van der Waals surface area contributed by atoms with Gasteiger partial charge in [-0.3, -0.25) is 0 Å². The summed E-state index contributed by atoms with van der Waals surface area (Å²) < 4.78 is 33.6. The molecule has 7 heteroatoms. The van der Waals surface area contributed by atoms with Gasteiger partial charge in [0.05, 0.1) is 5.56 Å². The van der Waals surface area contributed by atoms with Crippen LogP contribution in [0.2, 0.25) is 0 Å². The first-order chi connectivity index (χ1) is 10.1. The second-order valence-corrected chi connectivity index (χ2v) is 5.10. The Hall–Kier alpha value is -2.41. The Labute approximate surface area is 122 Å². The van der Waals surface area contributed by atoms with Crippen LogP contribution in [-0.4, -0.2) is 11.8 Å². The van der Waals surface area contributed by atoms with Gasteiger partial charge in [0, 0.05) is 10.4 Å². The number of halogens is 2. The summed E-state index contributed by atoms with van der Waals surface area (Å²) in [6.07, 6.45) is 0. The summed E-state index contributed by atoms with van der Waals surface area (Å²) in [5.41, 5.74) is 7.80. The SMILES string of the molecule is Nc1onc(-c2ccc(OC(F)F)cc2)c1-c1cccs1. The number of nitrogens with two attached hydrogens (primary N) is 1. The van der Waals surface area contributed by atoms with Gasteiger partial charge in [0.1, 0.15) is 11.4 Å². The van der Waals surface area contributed by atoms with Gasteiger partial charge in [-0.1, -0.05) is 11.2 Å². The Morgan fingerprint density at radius 2 is 1.95 bits per heavy atom. The molecular weight excluding hydrogens is 298 g/mol. The lowest BCUT2D eigenvalue weighted by Gasteiger charge is -2.05. The molecule has 0 radical (unpaired) electrons. The van der Waals surface area contributed by atoms with Crippen LogP contribution in [0.4, 0.5) is 14.7 Å². The van der Waals surface area contributed by atoms with Crippen molar-refractivity contribution in [3.63, 3.8) is 0 Å². The van der Waals surface area contributed by atoms with E-state index in [1.807, 2.05) is 17.5 Å². The molecule has 0 spiro atoms. The number of benzene rings is 1. The largest absolute Gasteiger partial charge is 0.435 e. The first-order valence-corrected chi connectivity index (χ1v) is 6.87. The van der Waals surface area contributed by atoms with Gasteiger partial charge in [0.15, 0.2) is 0 Å². The average molecular weight is 308 g/mol. The minimum Gasteiger partial charge on any atom is -0.435 e. The van der Waals surface area contributed by atoms with Crippen LogP contribution in [0.1, 0.15) is 0 Å². The predicted octanol–water partition coefficient (Wildman–Crippen LogP) is 4.25. The third-order valence-electron chi connectivity index (χ3n) is 2.84. The molecule has 1 aromatic carbocycles. The van der Waals surface area contributed by atoms with Crippen LogP contribution >= 0.6 is 11.3 Å². The van der Waals surface area contributed by atoms with E-state index in [-0.39, 0.29) is 11.6 Å². The lowest BCUT2D eigenvalue weighted by atomic mass is 10.1. The molecule has 0 aliphatic carbocycles. The van der Waals surface area contributed by atoms with E-state index in [9.17, 15) is 8.78 Å². The van der Waals surface area contributed by atoms with E-state index >= 15 is 0 Å². The second-order valence-electron chi connectivity index (χ2n) is 4.15. The van der Waals surface area contributed by atoms with E-state index in [4.69, 9.17) is 10.3 Å². The molecular formula is C14H10F2N2O2S. The number of rotatable bonds is 4. The molecule has 0 bridgehead atoms. The zero-order valence-electron chi connectivity index (χ0n) is 10.6. The molecule has 4 nitrogen and oxygen atoms in total.